The van der Waals surface area contributed by atoms with Gasteiger partial charge in [0.15, 0.2) is 11.6 Å². The molecule has 1 aliphatic heterocycles. The van der Waals surface area contributed by atoms with Crippen LogP contribution in [0.15, 0.2) is 4.63 Å². The first-order chi connectivity index (χ1) is 6.93. The van der Waals surface area contributed by atoms with Crippen LogP contribution in [0.5, 0.6) is 0 Å². The molecule has 0 spiro atoms. The van der Waals surface area contributed by atoms with Gasteiger partial charge in [-0.2, -0.15) is 0 Å². The van der Waals surface area contributed by atoms with E-state index in [9.17, 15) is 0 Å². The Morgan fingerprint density at radius 1 is 0.929 bits per heavy atom. The lowest BCUT2D eigenvalue weighted by molar-refractivity contribution is 0.314. The molecule has 0 atom stereocenters. The smallest absolute Gasteiger partial charge is 0.245 e. The predicted molar refractivity (Wildman–Crippen MR) is 47.5 cm³/mol. The van der Waals surface area contributed by atoms with E-state index in [1.54, 1.807) is 0 Å². The third-order valence-electron chi connectivity index (χ3n) is 1.88. The lowest BCUT2D eigenvalue weighted by atomic mass is 10.5. The maximum atomic E-state index is 4.52. The lowest BCUT2D eigenvalue weighted by Crippen LogP contribution is -2.23. The summed E-state index contributed by atoms with van der Waals surface area (Å²) < 4.78 is 4.52. The van der Waals surface area contributed by atoms with E-state index >= 15 is 0 Å². The second kappa shape index (κ2) is 2.77. The first-order valence-corrected chi connectivity index (χ1v) is 4.12. The number of aromatic nitrogens is 4. The fraction of sp³-hybridized carbons (Fsp3) is 0.333. The van der Waals surface area contributed by atoms with Crippen LogP contribution in [0.2, 0.25) is 0 Å². The topological polar surface area (TPSA) is 101 Å². The predicted octanol–water partition coefficient (Wildman–Crippen LogP) is -0.645. The molecule has 0 saturated heterocycles. The van der Waals surface area contributed by atoms with Gasteiger partial charge in [0, 0.05) is 0 Å². The van der Waals surface area contributed by atoms with Gasteiger partial charge < -0.3 is 10.6 Å². The maximum absolute atomic E-state index is 4.52. The van der Waals surface area contributed by atoms with E-state index in [2.05, 4.69) is 40.9 Å². The van der Waals surface area contributed by atoms with Crippen LogP contribution in [0, 0.1) is 0 Å². The molecule has 0 radical (unpaired) electrons. The Labute approximate surface area is 78.1 Å². The molecule has 3 rings (SSSR count). The van der Waals surface area contributed by atoms with Crippen LogP contribution in [-0.4, -0.2) is 33.6 Å². The van der Waals surface area contributed by atoms with Crippen molar-refractivity contribution in [3.63, 3.8) is 0 Å². The molecule has 0 unspecified atom stereocenters. The molecule has 0 fully saturated rings. The van der Waals surface area contributed by atoms with Gasteiger partial charge in [-0.05, 0) is 10.3 Å². The Hall–Kier alpha value is -1.96. The first-order valence-electron chi connectivity index (χ1n) is 4.12. The number of fused-ring (bicyclic) bond motifs is 2. The molecule has 0 bridgehead atoms. The summed E-state index contributed by atoms with van der Waals surface area (Å²) in [4.78, 5) is 8.38. The summed E-state index contributed by atoms with van der Waals surface area (Å²) in [6.07, 6.45) is 0. The number of anilines is 2. The summed E-state index contributed by atoms with van der Waals surface area (Å²) in [5.41, 5.74) is 0.805. The highest BCUT2D eigenvalue weighted by Crippen LogP contribution is 2.19. The van der Waals surface area contributed by atoms with Crippen LogP contribution in [-0.2, 0) is 0 Å². The van der Waals surface area contributed by atoms with Gasteiger partial charge >= 0.3 is 0 Å². The molecule has 0 aliphatic carbocycles. The molecule has 8 heteroatoms. The second-order valence-electron chi connectivity index (χ2n) is 2.79. The molecular weight excluding hydrogens is 186 g/mol. The third-order valence-corrected chi connectivity index (χ3v) is 1.88. The van der Waals surface area contributed by atoms with Crippen molar-refractivity contribution in [3.05, 3.63) is 0 Å². The van der Waals surface area contributed by atoms with E-state index in [0.29, 0.717) is 36.3 Å². The Balaban J connectivity index is 2.19. The molecule has 0 saturated carbocycles. The molecule has 3 N–H and O–H groups in total. The summed E-state index contributed by atoms with van der Waals surface area (Å²) in [5.74, 6) is 1.30. The summed E-state index contributed by atoms with van der Waals surface area (Å²) in [6, 6.07) is 0. The zero-order valence-corrected chi connectivity index (χ0v) is 7.11. The molecule has 2 aromatic rings. The number of nitrogens with one attached hydrogen (secondary N) is 3. The normalized spacial score (nSPS) is 15.4. The molecule has 0 aromatic carbocycles. The van der Waals surface area contributed by atoms with Crippen LogP contribution in [0.3, 0.4) is 0 Å². The van der Waals surface area contributed by atoms with E-state index in [0.717, 1.165) is 0 Å². The van der Waals surface area contributed by atoms with E-state index in [-0.39, 0.29) is 0 Å². The Morgan fingerprint density at radius 2 is 1.50 bits per heavy atom. The molecule has 3 heterocycles. The van der Waals surface area contributed by atoms with Crippen LogP contribution in [0.1, 0.15) is 0 Å². The summed E-state index contributed by atoms with van der Waals surface area (Å²) in [5, 5.41) is 16.4. The fourth-order valence-electron chi connectivity index (χ4n) is 1.24. The van der Waals surface area contributed by atoms with Crippen molar-refractivity contribution >= 4 is 22.9 Å². The summed E-state index contributed by atoms with van der Waals surface area (Å²) >= 11 is 0. The van der Waals surface area contributed by atoms with Crippen molar-refractivity contribution in [1.29, 1.82) is 0 Å². The fourth-order valence-corrected chi connectivity index (χ4v) is 1.24. The monoisotopic (exact) mass is 193 g/mol. The van der Waals surface area contributed by atoms with Crippen molar-refractivity contribution < 1.29 is 4.63 Å². The second-order valence-corrected chi connectivity index (χ2v) is 2.79. The third kappa shape index (κ3) is 1.04. The summed E-state index contributed by atoms with van der Waals surface area (Å²) in [6.45, 7) is 1.26. The van der Waals surface area contributed by atoms with Gasteiger partial charge in [-0.15, -0.1) is 0 Å². The summed E-state index contributed by atoms with van der Waals surface area (Å²) in [7, 11) is 0. The van der Waals surface area contributed by atoms with Crippen molar-refractivity contribution in [3.8, 4) is 0 Å². The van der Waals surface area contributed by atoms with Gasteiger partial charge in [0.05, 0.1) is 13.3 Å². The molecule has 14 heavy (non-hydrogen) atoms. The van der Waals surface area contributed by atoms with Gasteiger partial charge in [0.1, 0.15) is 0 Å². The largest absolute Gasteiger partial charge is 0.354 e. The van der Waals surface area contributed by atoms with E-state index in [1.807, 2.05) is 0 Å². The Morgan fingerprint density at radius 3 is 2.07 bits per heavy atom. The average molecular weight is 193 g/mol. The average Bonchev–Trinajstić information content (AvgIpc) is 2.51. The number of rotatable bonds is 0. The van der Waals surface area contributed by atoms with Crippen LogP contribution in [0.25, 0.3) is 11.3 Å². The zero-order valence-electron chi connectivity index (χ0n) is 7.11. The minimum absolute atomic E-state index is 0.403. The molecule has 72 valence electrons. The maximum Gasteiger partial charge on any atom is 0.245 e. The number of hydrogen-bond donors (Lipinski definition) is 3. The van der Waals surface area contributed by atoms with Gasteiger partial charge in [-0.3, -0.25) is 5.32 Å². The van der Waals surface area contributed by atoms with E-state index in [4.69, 9.17) is 0 Å². The quantitative estimate of drug-likeness (QED) is 0.507. The van der Waals surface area contributed by atoms with Crippen LogP contribution < -0.4 is 16.0 Å². The van der Waals surface area contributed by atoms with E-state index < -0.39 is 0 Å². The molecule has 2 aromatic heterocycles. The first kappa shape index (κ1) is 7.44. The van der Waals surface area contributed by atoms with Gasteiger partial charge in [0.2, 0.25) is 11.3 Å². The van der Waals surface area contributed by atoms with Crippen molar-refractivity contribution in [2.75, 3.05) is 24.0 Å². The number of hydrogen-bond acceptors (Lipinski definition) is 8. The van der Waals surface area contributed by atoms with Crippen molar-refractivity contribution in [1.82, 2.24) is 25.6 Å². The highest BCUT2D eigenvalue weighted by atomic mass is 16.6. The highest BCUT2D eigenvalue weighted by Gasteiger charge is 2.13. The lowest BCUT2D eigenvalue weighted by Gasteiger charge is -2.02. The Kier molecular flexibility index (Phi) is 1.47. The molecule has 0 amide bonds. The Bertz CT molecular complexity index is 426. The van der Waals surface area contributed by atoms with Gasteiger partial charge in [-0.1, -0.05) is 0 Å². The SMILES string of the molecule is C1NCNc2nc3nonc3nc2N1. The van der Waals surface area contributed by atoms with Crippen LogP contribution >= 0.6 is 0 Å². The van der Waals surface area contributed by atoms with Gasteiger partial charge in [-0.25, -0.2) is 14.6 Å². The zero-order chi connectivity index (χ0) is 9.38. The standard InChI is InChI=1S/C6H7N7O/c1-7-2-9-4-3(8-1)10-5-6(11-4)13-14-12-5/h7H,1-2H2,(H,8,10,12)(H,9,11,13). The van der Waals surface area contributed by atoms with E-state index in [1.165, 1.54) is 0 Å². The molecule has 1 aliphatic rings. The minimum atomic E-state index is 0.403. The van der Waals surface area contributed by atoms with Crippen molar-refractivity contribution in [2.45, 2.75) is 0 Å². The van der Waals surface area contributed by atoms with Crippen molar-refractivity contribution in [2.24, 2.45) is 0 Å². The highest BCUT2D eigenvalue weighted by molar-refractivity contribution is 5.73. The molecule has 8 nitrogen and oxygen atoms in total. The number of nitrogens with zero attached hydrogens (tertiary/aromatic N) is 4. The molecular formula is C6H7N7O. The van der Waals surface area contributed by atoms with Crippen LogP contribution in [0.4, 0.5) is 11.6 Å². The minimum Gasteiger partial charge on any atom is -0.354 e. The van der Waals surface area contributed by atoms with Gasteiger partial charge in [0.25, 0.3) is 0 Å².